The molecule has 0 fully saturated rings. The van der Waals surface area contributed by atoms with Gasteiger partial charge in [-0.05, 0) is 159 Å². The number of amides is 4. The van der Waals surface area contributed by atoms with E-state index in [1.165, 1.54) is 31.1 Å². The van der Waals surface area contributed by atoms with E-state index in [0.717, 1.165) is 25.7 Å². The first-order chi connectivity index (χ1) is 52.7. The quantitative estimate of drug-likeness (QED) is 0.0166. The molecule has 618 valence electrons. The molecule has 13 nitrogen and oxygen atoms in total. The van der Waals surface area contributed by atoms with Gasteiger partial charge in [-0.2, -0.15) is 0 Å². The van der Waals surface area contributed by atoms with Crippen molar-refractivity contribution >= 4 is 102 Å². The highest BCUT2D eigenvalue weighted by molar-refractivity contribution is 14.1. The number of ether oxygens (including phenoxy) is 1. The van der Waals surface area contributed by atoms with Crippen LogP contribution in [0.3, 0.4) is 0 Å². The Morgan fingerprint density at radius 1 is 0.389 bits per heavy atom. The van der Waals surface area contributed by atoms with E-state index in [4.69, 9.17) is 29.5 Å². The van der Waals surface area contributed by atoms with Crippen molar-refractivity contribution in [3.05, 3.63) is 253 Å². The van der Waals surface area contributed by atoms with E-state index in [-0.39, 0.29) is 67.9 Å². The van der Waals surface area contributed by atoms with Crippen LogP contribution < -0.4 is 58.5 Å². The van der Waals surface area contributed by atoms with Gasteiger partial charge in [-0.15, -0.1) is 0 Å². The number of benzene rings is 6. The third-order valence-electron chi connectivity index (χ3n) is 19.9. The van der Waals surface area contributed by atoms with Crippen molar-refractivity contribution in [3.8, 4) is 0 Å². The Hall–Kier alpha value is -7.34. The van der Waals surface area contributed by atoms with Crippen molar-refractivity contribution in [2.45, 2.75) is 263 Å². The third-order valence-corrected chi connectivity index (χ3v) is 35.7. The first-order valence-corrected chi connectivity index (χ1v) is 47.1. The molecule has 0 unspecified atom stereocenters. The normalized spacial score (nSPS) is 14.6. The molecular formula is C96H142IN5O8Si3. The summed E-state index contributed by atoms with van der Waals surface area (Å²) in [4.78, 5) is 48.6. The number of halogens is 1. The van der Waals surface area contributed by atoms with Crippen molar-refractivity contribution in [1.82, 2.24) is 16.0 Å². The van der Waals surface area contributed by atoms with Crippen LogP contribution in [0.1, 0.15) is 212 Å². The maximum absolute atomic E-state index is 13.2. The van der Waals surface area contributed by atoms with E-state index in [9.17, 15) is 19.2 Å². The number of allylic oxidation sites excluding steroid dienone is 3. The third kappa shape index (κ3) is 31.3. The zero-order valence-corrected chi connectivity index (χ0v) is 78.4. The molecule has 7 N–H and O–H groups in total. The van der Waals surface area contributed by atoms with Gasteiger partial charge in [-0.25, -0.2) is 4.79 Å². The lowest BCUT2D eigenvalue weighted by atomic mass is 9.82. The molecule has 6 atom stereocenters. The Labute approximate surface area is 700 Å². The van der Waals surface area contributed by atoms with Crippen LogP contribution in [-0.4, -0.2) is 84.8 Å². The minimum atomic E-state index is -2.74. The fourth-order valence-corrected chi connectivity index (χ4v) is 27.7. The number of hydrogen-bond acceptors (Lipinski definition) is 9. The van der Waals surface area contributed by atoms with E-state index >= 15 is 0 Å². The molecule has 0 heterocycles. The van der Waals surface area contributed by atoms with Crippen LogP contribution in [0, 0.1) is 22.2 Å². The molecule has 0 radical (unpaired) electrons. The molecule has 113 heavy (non-hydrogen) atoms. The van der Waals surface area contributed by atoms with Gasteiger partial charge < -0.3 is 45.4 Å². The van der Waals surface area contributed by atoms with Crippen molar-refractivity contribution in [2.24, 2.45) is 33.6 Å². The summed E-state index contributed by atoms with van der Waals surface area (Å²) in [5, 5.41) is 15.9. The second-order valence-corrected chi connectivity index (χ2v) is 49.8. The molecule has 6 aromatic rings. The minimum absolute atomic E-state index is 0.00579. The first kappa shape index (κ1) is 99.9. The highest BCUT2D eigenvalue weighted by Gasteiger charge is 2.54. The Balaban J connectivity index is 0.000000423. The summed E-state index contributed by atoms with van der Waals surface area (Å²) in [5.74, 6) is -0.742. The average Bonchev–Trinajstić information content (AvgIpc) is 0.756. The van der Waals surface area contributed by atoms with Crippen LogP contribution >= 0.6 is 22.6 Å². The predicted octanol–water partition coefficient (Wildman–Crippen LogP) is 19.5. The zero-order valence-electron chi connectivity index (χ0n) is 73.3. The molecule has 0 aromatic heterocycles. The van der Waals surface area contributed by atoms with E-state index in [1.54, 1.807) is 33.2 Å². The number of carbonyl (C=O) groups is 4. The number of primary amides is 1. The standard InChI is InChI=1S/C35H52N2O4Si.C30H44N2O2Si.C24H31IOSi.C7H15NO/c1-11-12-20-27(21-19-26-36-31(38)30(33(2,3)4)37-32(39)40-34(5,6)7)41-42(35(8,9)10,28-22-15-13-16-23-28)29-24-17-14-18-25-29;1-8-9-17-24(18-16-23-32-28(33)27(31)29(2,3)4)34-35(30(5,6)7,25-19-12-10-13-20-25)26-21-14-11-15-22-26;1-5-6-14-21(15-13-20-25)26-27(24(2,3)4,22-16-9-7-10-17-22)23-18-11-8-12-19-23;1-5(6(8)9)7(2,3)4/h11-19,22-27,30H,20-21H2,1-10H3,(H,36,38)(H,37,39);8-16,19-24,27H,17-18,31H2,1-7H3,(H,32,33);5-13,16-21H,14-15H2,1-4H3;5H,1-4H3,(H2,8,9)/b12-11-,26-19-;9-8-,23-16-;6-5-,20-13-;/t27-,30+;24-,27+;21-;5-/m0001/s1. The monoisotopic (exact) mass is 1700 g/mol. The van der Waals surface area contributed by atoms with Gasteiger partial charge in [0.15, 0.2) is 0 Å². The van der Waals surface area contributed by atoms with Crippen LogP contribution in [0.2, 0.25) is 15.1 Å². The molecule has 0 saturated heterocycles. The van der Waals surface area contributed by atoms with Crippen molar-refractivity contribution in [2.75, 3.05) is 0 Å². The minimum Gasteiger partial charge on any atom is -0.444 e. The Kier molecular flexibility index (Phi) is 41.0. The topological polar surface area (TPSA) is 193 Å². The number of nitrogens with two attached hydrogens (primary N) is 2. The molecule has 0 spiro atoms. The fraction of sp³-hybridized carbons (Fsp3) is 0.458. The molecular weight excluding hydrogens is 1560 g/mol. The van der Waals surface area contributed by atoms with Crippen LogP contribution in [0.4, 0.5) is 4.79 Å². The maximum Gasteiger partial charge on any atom is 0.408 e. The lowest BCUT2D eigenvalue weighted by molar-refractivity contribution is -0.125. The largest absolute Gasteiger partial charge is 0.444 e. The molecule has 4 amide bonds. The van der Waals surface area contributed by atoms with Crippen LogP contribution in [0.25, 0.3) is 0 Å². The van der Waals surface area contributed by atoms with Crippen molar-refractivity contribution in [3.63, 3.8) is 0 Å². The van der Waals surface area contributed by atoms with Gasteiger partial charge in [-0.1, -0.05) is 391 Å². The number of nitrogens with one attached hydrogen (secondary N) is 3. The number of carbonyl (C=O) groups excluding carboxylic acids is 4. The molecule has 0 aliphatic rings. The van der Waals surface area contributed by atoms with Crippen LogP contribution in [-0.2, 0) is 32.4 Å². The maximum atomic E-state index is 13.2. The van der Waals surface area contributed by atoms with E-state index < -0.39 is 54.1 Å². The summed E-state index contributed by atoms with van der Waals surface area (Å²) in [5.41, 5.74) is 9.71. The summed E-state index contributed by atoms with van der Waals surface area (Å²) in [6, 6.07) is 63.0. The number of alkyl carbamates (subject to hydrolysis) is 1. The molecule has 6 rings (SSSR count). The van der Waals surface area contributed by atoms with Gasteiger partial charge >= 0.3 is 6.09 Å². The molecule has 0 aliphatic carbocycles. The Morgan fingerprint density at radius 2 is 0.646 bits per heavy atom. The summed E-state index contributed by atoms with van der Waals surface area (Å²) in [6.45, 7) is 51.6. The lowest BCUT2D eigenvalue weighted by Crippen LogP contribution is -2.67. The van der Waals surface area contributed by atoms with Gasteiger partial charge in [0, 0.05) is 5.92 Å². The van der Waals surface area contributed by atoms with Crippen molar-refractivity contribution < 1.29 is 37.2 Å². The molecule has 6 aromatic carbocycles. The second kappa shape index (κ2) is 46.4. The predicted molar refractivity (Wildman–Crippen MR) is 495 cm³/mol. The van der Waals surface area contributed by atoms with Crippen LogP contribution in [0.15, 0.2) is 253 Å². The smallest absolute Gasteiger partial charge is 0.408 e. The second-order valence-electron chi connectivity index (χ2n) is 36.3. The van der Waals surface area contributed by atoms with Gasteiger partial charge in [0.1, 0.15) is 11.6 Å². The van der Waals surface area contributed by atoms with E-state index in [1.807, 2.05) is 113 Å². The van der Waals surface area contributed by atoms with Gasteiger partial charge in [0.05, 0.1) is 24.4 Å². The molecule has 17 heteroatoms. The van der Waals surface area contributed by atoms with E-state index in [0.29, 0.717) is 12.8 Å². The first-order valence-electron chi connectivity index (χ1n) is 40.2. The SMILES string of the molecule is C/C=C\C[C@@H](C/C=C\I)O[Si](c1ccccc1)(c1ccccc1)C(C)(C)C.C/C=C\C[C@@H](C/C=C\NC(=O)[C@@H](N)C(C)(C)C)O[Si](c1ccccc1)(c1ccccc1)C(C)(C)C.C/C=C\C[C@@H](C/C=C\NC(=O)[C@@H](NC(=O)OC(C)(C)C)C(C)(C)C)O[Si](c1ccccc1)(c1ccccc1)C(C)(C)C.C[C@H](C(N)=O)C(C)(C)C. The highest BCUT2D eigenvalue weighted by atomic mass is 127. The zero-order chi connectivity index (χ0) is 85.1. The molecule has 0 aliphatic heterocycles. The molecule has 0 bridgehead atoms. The Morgan fingerprint density at radius 3 is 0.850 bits per heavy atom. The fourth-order valence-electron chi connectivity index (χ4n) is 13.3. The number of hydrogen-bond donors (Lipinski definition) is 5. The van der Waals surface area contributed by atoms with Gasteiger partial charge in [0.2, 0.25) is 17.7 Å². The Bertz CT molecular complexity index is 3810. The summed E-state index contributed by atoms with van der Waals surface area (Å²) >= 11 is 2.29. The summed E-state index contributed by atoms with van der Waals surface area (Å²) < 4.78 is 29.3. The average molecular weight is 1710 g/mol. The number of rotatable bonds is 30. The molecule has 0 saturated carbocycles. The highest BCUT2D eigenvalue weighted by Crippen LogP contribution is 2.41. The lowest BCUT2D eigenvalue weighted by Gasteiger charge is -2.45. The van der Waals surface area contributed by atoms with Crippen LogP contribution in [0.5, 0.6) is 0 Å². The summed E-state index contributed by atoms with van der Waals surface area (Å²) in [7, 11) is -7.89. The van der Waals surface area contributed by atoms with Gasteiger partial charge in [-0.3, -0.25) is 14.4 Å². The van der Waals surface area contributed by atoms with Crippen molar-refractivity contribution in [1.29, 1.82) is 0 Å². The summed E-state index contributed by atoms with van der Waals surface area (Å²) in [6.07, 6.45) is 26.3. The van der Waals surface area contributed by atoms with Gasteiger partial charge in [0.25, 0.3) is 25.0 Å². The van der Waals surface area contributed by atoms with E-state index in [2.05, 4.69) is 318 Å².